The van der Waals surface area contributed by atoms with Crippen LogP contribution in [0.2, 0.25) is 0 Å². The predicted octanol–water partition coefficient (Wildman–Crippen LogP) is 2.25. The smallest absolute Gasteiger partial charge is 0.246 e. The van der Waals surface area contributed by atoms with Gasteiger partial charge < -0.3 is 9.80 Å². The van der Waals surface area contributed by atoms with E-state index in [0.717, 1.165) is 22.4 Å². The second kappa shape index (κ2) is 3.85. The molecule has 1 heterocycles. The largest absolute Gasteiger partial charge is 0.361 e. The predicted molar refractivity (Wildman–Crippen MR) is 65.4 cm³/mol. The third-order valence-corrected chi connectivity index (χ3v) is 3.21. The van der Waals surface area contributed by atoms with Crippen molar-refractivity contribution in [1.29, 1.82) is 0 Å². The second-order valence-corrected chi connectivity index (χ2v) is 4.52. The van der Waals surface area contributed by atoms with E-state index >= 15 is 0 Å². The number of benzene rings is 1. The van der Waals surface area contributed by atoms with Crippen molar-refractivity contribution in [2.45, 2.75) is 6.92 Å². The number of anilines is 2. The molecule has 1 aliphatic rings. The molecule has 15 heavy (non-hydrogen) atoms. The van der Waals surface area contributed by atoms with Gasteiger partial charge >= 0.3 is 0 Å². The van der Waals surface area contributed by atoms with E-state index < -0.39 is 0 Å². The normalized spacial score (nSPS) is 15.5. The molecule has 0 saturated carbocycles. The van der Waals surface area contributed by atoms with E-state index in [1.807, 2.05) is 19.2 Å². The van der Waals surface area contributed by atoms with Crippen molar-refractivity contribution in [2.75, 3.05) is 29.9 Å². The van der Waals surface area contributed by atoms with Gasteiger partial charge in [0.25, 0.3) is 0 Å². The topological polar surface area (TPSA) is 23.6 Å². The Morgan fingerprint density at radius 1 is 1.40 bits per heavy atom. The van der Waals surface area contributed by atoms with E-state index in [1.54, 1.807) is 4.90 Å². The number of halogens is 1. The van der Waals surface area contributed by atoms with E-state index in [2.05, 4.69) is 33.8 Å². The zero-order valence-electron chi connectivity index (χ0n) is 8.83. The van der Waals surface area contributed by atoms with E-state index in [0.29, 0.717) is 6.54 Å². The first kappa shape index (κ1) is 10.5. The average molecular weight is 269 g/mol. The summed E-state index contributed by atoms with van der Waals surface area (Å²) in [4.78, 5) is 15.5. The van der Waals surface area contributed by atoms with Crippen molar-refractivity contribution < 1.29 is 4.79 Å². The Morgan fingerprint density at radius 3 is 2.80 bits per heavy atom. The van der Waals surface area contributed by atoms with Crippen LogP contribution < -0.4 is 9.80 Å². The molecule has 3 nitrogen and oxygen atoms in total. The second-order valence-electron chi connectivity index (χ2n) is 3.60. The van der Waals surface area contributed by atoms with Gasteiger partial charge in [-0.2, -0.15) is 0 Å². The SMILES string of the molecule is CCN1CC(=O)N(C)c2ccc(Br)cc21. The van der Waals surface area contributed by atoms with Gasteiger partial charge in [0.1, 0.15) is 0 Å². The van der Waals surface area contributed by atoms with Crippen molar-refractivity contribution in [1.82, 2.24) is 0 Å². The molecule has 0 N–H and O–H groups in total. The Bertz CT molecular complexity index is 406. The highest BCUT2D eigenvalue weighted by Crippen LogP contribution is 2.34. The maximum atomic E-state index is 11.7. The van der Waals surface area contributed by atoms with Crippen molar-refractivity contribution in [2.24, 2.45) is 0 Å². The van der Waals surface area contributed by atoms with Gasteiger partial charge in [-0.05, 0) is 25.1 Å². The van der Waals surface area contributed by atoms with E-state index in [9.17, 15) is 4.79 Å². The zero-order chi connectivity index (χ0) is 11.0. The Labute approximate surface area is 97.8 Å². The molecule has 0 spiro atoms. The standard InChI is InChI=1S/C11H13BrN2O/c1-3-14-7-11(15)13(2)9-5-4-8(12)6-10(9)14/h4-6H,3,7H2,1-2H3. The Kier molecular flexibility index (Phi) is 2.69. The molecule has 4 heteroatoms. The summed E-state index contributed by atoms with van der Waals surface area (Å²) in [6.07, 6.45) is 0. The van der Waals surface area contributed by atoms with Crippen LogP contribution in [0, 0.1) is 0 Å². The van der Waals surface area contributed by atoms with Gasteiger partial charge in [0, 0.05) is 18.1 Å². The fourth-order valence-corrected chi connectivity index (χ4v) is 2.15. The van der Waals surface area contributed by atoms with Crippen molar-refractivity contribution in [3.8, 4) is 0 Å². The van der Waals surface area contributed by atoms with Gasteiger partial charge in [-0.25, -0.2) is 0 Å². The molecule has 0 unspecified atom stereocenters. The van der Waals surface area contributed by atoms with Gasteiger partial charge in [0.15, 0.2) is 0 Å². The highest BCUT2D eigenvalue weighted by atomic mass is 79.9. The molecule has 0 aromatic heterocycles. The first-order valence-electron chi connectivity index (χ1n) is 4.94. The Morgan fingerprint density at radius 2 is 2.13 bits per heavy atom. The monoisotopic (exact) mass is 268 g/mol. The fourth-order valence-electron chi connectivity index (χ4n) is 1.80. The molecule has 1 aromatic rings. The highest BCUT2D eigenvalue weighted by molar-refractivity contribution is 9.10. The van der Waals surface area contributed by atoms with Crippen LogP contribution in [0.15, 0.2) is 22.7 Å². The van der Waals surface area contributed by atoms with Crippen LogP contribution in [0.5, 0.6) is 0 Å². The van der Waals surface area contributed by atoms with Crippen molar-refractivity contribution in [3.05, 3.63) is 22.7 Å². The Hall–Kier alpha value is -1.03. The van der Waals surface area contributed by atoms with Crippen LogP contribution in [0.3, 0.4) is 0 Å². The first-order chi connectivity index (χ1) is 7.13. The minimum absolute atomic E-state index is 0.145. The number of hydrogen-bond acceptors (Lipinski definition) is 2. The minimum Gasteiger partial charge on any atom is -0.361 e. The van der Waals surface area contributed by atoms with Gasteiger partial charge in [-0.15, -0.1) is 0 Å². The van der Waals surface area contributed by atoms with Crippen LogP contribution in [0.1, 0.15) is 6.92 Å². The highest BCUT2D eigenvalue weighted by Gasteiger charge is 2.25. The average Bonchev–Trinajstić information content (AvgIpc) is 2.23. The molecular formula is C11H13BrN2O. The number of amides is 1. The molecule has 0 fully saturated rings. The van der Waals surface area contributed by atoms with Crippen molar-refractivity contribution in [3.63, 3.8) is 0 Å². The summed E-state index contributed by atoms with van der Waals surface area (Å²) >= 11 is 3.45. The summed E-state index contributed by atoms with van der Waals surface area (Å²) < 4.78 is 1.04. The molecule has 2 rings (SSSR count). The van der Waals surface area contributed by atoms with Crippen LogP contribution in [-0.2, 0) is 4.79 Å². The van der Waals surface area contributed by atoms with Gasteiger partial charge in [-0.1, -0.05) is 15.9 Å². The molecule has 0 atom stereocenters. The van der Waals surface area contributed by atoms with E-state index in [-0.39, 0.29) is 5.91 Å². The molecule has 0 saturated heterocycles. The Balaban J connectivity index is 2.53. The molecule has 1 amide bonds. The van der Waals surface area contributed by atoms with Crippen LogP contribution in [0.25, 0.3) is 0 Å². The number of hydrogen-bond donors (Lipinski definition) is 0. The molecule has 0 bridgehead atoms. The number of carbonyl (C=O) groups excluding carboxylic acids is 1. The fraction of sp³-hybridized carbons (Fsp3) is 0.364. The molecule has 80 valence electrons. The van der Waals surface area contributed by atoms with Gasteiger partial charge in [0.2, 0.25) is 5.91 Å². The zero-order valence-corrected chi connectivity index (χ0v) is 10.4. The van der Waals surface area contributed by atoms with Gasteiger partial charge in [-0.3, -0.25) is 4.79 Å². The molecule has 1 aromatic carbocycles. The lowest BCUT2D eigenvalue weighted by atomic mass is 10.1. The summed E-state index contributed by atoms with van der Waals surface area (Å²) in [7, 11) is 1.82. The van der Waals surface area contributed by atoms with E-state index in [1.165, 1.54) is 0 Å². The maximum Gasteiger partial charge on any atom is 0.246 e. The number of rotatable bonds is 1. The summed E-state index contributed by atoms with van der Waals surface area (Å²) in [5, 5.41) is 0. The number of likely N-dealkylation sites (N-methyl/N-ethyl adjacent to an activating group) is 2. The summed E-state index contributed by atoms with van der Waals surface area (Å²) in [6.45, 7) is 3.38. The van der Waals surface area contributed by atoms with Crippen LogP contribution in [-0.4, -0.2) is 26.0 Å². The number of nitrogens with zero attached hydrogens (tertiary/aromatic N) is 2. The van der Waals surface area contributed by atoms with Crippen molar-refractivity contribution >= 4 is 33.2 Å². The lowest BCUT2D eigenvalue weighted by molar-refractivity contribution is -0.117. The number of fused-ring (bicyclic) bond motifs is 1. The lowest BCUT2D eigenvalue weighted by Crippen LogP contribution is -2.43. The van der Waals surface area contributed by atoms with Crippen LogP contribution >= 0.6 is 15.9 Å². The number of carbonyl (C=O) groups is 1. The molecule has 0 radical (unpaired) electrons. The third-order valence-electron chi connectivity index (χ3n) is 2.72. The minimum atomic E-state index is 0.145. The molecular weight excluding hydrogens is 256 g/mol. The maximum absolute atomic E-state index is 11.7. The van der Waals surface area contributed by atoms with Crippen LogP contribution in [0.4, 0.5) is 11.4 Å². The molecule has 0 aliphatic carbocycles. The lowest BCUT2D eigenvalue weighted by Gasteiger charge is -2.34. The van der Waals surface area contributed by atoms with Gasteiger partial charge in [0.05, 0.1) is 17.9 Å². The summed E-state index contributed by atoms with van der Waals surface area (Å²) in [5.41, 5.74) is 2.10. The van der Waals surface area contributed by atoms with E-state index in [4.69, 9.17) is 0 Å². The quantitative estimate of drug-likeness (QED) is 0.780. The third kappa shape index (κ3) is 1.74. The summed E-state index contributed by atoms with van der Waals surface area (Å²) in [6, 6.07) is 5.99. The summed E-state index contributed by atoms with van der Waals surface area (Å²) in [5.74, 6) is 0.145. The first-order valence-corrected chi connectivity index (χ1v) is 5.74. The molecule has 1 aliphatic heterocycles.